The molecule has 3 rings (SSSR count). The van der Waals surface area contributed by atoms with Crippen LogP contribution >= 0.6 is 0 Å². The van der Waals surface area contributed by atoms with E-state index in [1.54, 1.807) is 28.0 Å². The molecule has 0 saturated carbocycles. The van der Waals surface area contributed by atoms with Gasteiger partial charge >= 0.3 is 0 Å². The largest absolute Gasteiger partial charge is 0.371 e. The minimum atomic E-state index is -3.61. The molecule has 8 nitrogen and oxygen atoms in total. The first-order chi connectivity index (χ1) is 10.9. The van der Waals surface area contributed by atoms with Crippen LogP contribution in [-0.2, 0) is 21.8 Å². The predicted octanol–water partition coefficient (Wildman–Crippen LogP) is 0.960. The fraction of sp³-hybridized carbons (Fsp3) is 0.571. The molecule has 9 heteroatoms. The van der Waals surface area contributed by atoms with Gasteiger partial charge in [0, 0.05) is 44.1 Å². The molecule has 0 aromatic carbocycles. The van der Waals surface area contributed by atoms with Crippen molar-refractivity contribution in [2.75, 3.05) is 19.7 Å². The lowest BCUT2D eigenvalue weighted by Crippen LogP contribution is -2.42. The molecule has 1 fully saturated rings. The van der Waals surface area contributed by atoms with Gasteiger partial charge in [0.05, 0.1) is 25.2 Å². The maximum Gasteiger partial charge on any atom is 0.262 e. The highest BCUT2D eigenvalue weighted by molar-refractivity contribution is 7.89. The lowest BCUT2D eigenvalue weighted by atomic mass is 10.2. The zero-order chi connectivity index (χ0) is 16.6. The fourth-order valence-electron chi connectivity index (χ4n) is 2.52. The van der Waals surface area contributed by atoms with E-state index < -0.39 is 10.0 Å². The molecule has 23 heavy (non-hydrogen) atoms. The molecular weight excluding hydrogens is 318 g/mol. The van der Waals surface area contributed by atoms with Crippen LogP contribution < -0.4 is 0 Å². The molecule has 0 radical (unpaired) electrons. The molecule has 1 aliphatic rings. The first-order valence-electron chi connectivity index (χ1n) is 7.51. The van der Waals surface area contributed by atoms with E-state index in [1.165, 1.54) is 4.31 Å². The van der Waals surface area contributed by atoms with E-state index in [2.05, 4.69) is 10.1 Å². The van der Waals surface area contributed by atoms with Crippen molar-refractivity contribution in [2.45, 2.75) is 31.0 Å². The van der Waals surface area contributed by atoms with Crippen LogP contribution in [0, 0.1) is 0 Å². The van der Waals surface area contributed by atoms with E-state index in [4.69, 9.17) is 4.74 Å². The summed E-state index contributed by atoms with van der Waals surface area (Å²) in [4.78, 5) is 4.06. The van der Waals surface area contributed by atoms with E-state index >= 15 is 0 Å². The summed E-state index contributed by atoms with van der Waals surface area (Å²) in [6.45, 7) is 4.90. The summed E-state index contributed by atoms with van der Waals surface area (Å²) in [5, 5.41) is 4.19. The maximum absolute atomic E-state index is 12.8. The van der Waals surface area contributed by atoms with Crippen LogP contribution in [0.3, 0.4) is 0 Å². The number of aryl methyl sites for hydroxylation is 1. The Kier molecular flexibility index (Phi) is 4.26. The van der Waals surface area contributed by atoms with Gasteiger partial charge in [0.15, 0.2) is 5.03 Å². The van der Waals surface area contributed by atoms with Crippen molar-refractivity contribution >= 4 is 10.0 Å². The Balaban J connectivity index is 1.81. The van der Waals surface area contributed by atoms with E-state index in [-0.39, 0.29) is 23.7 Å². The van der Waals surface area contributed by atoms with Gasteiger partial charge in [-0.05, 0) is 13.8 Å². The fourth-order valence-corrected chi connectivity index (χ4v) is 3.86. The molecule has 0 aliphatic carbocycles. The molecule has 0 amide bonds. The molecule has 0 spiro atoms. The van der Waals surface area contributed by atoms with Gasteiger partial charge in [-0.2, -0.15) is 9.40 Å². The highest BCUT2D eigenvalue weighted by Crippen LogP contribution is 2.25. The minimum absolute atomic E-state index is 0.0815. The Morgan fingerprint density at radius 2 is 2.13 bits per heavy atom. The second-order valence-corrected chi connectivity index (χ2v) is 7.81. The van der Waals surface area contributed by atoms with Crippen LogP contribution in [0.2, 0.25) is 0 Å². The predicted molar refractivity (Wildman–Crippen MR) is 83.3 cm³/mol. The lowest BCUT2D eigenvalue weighted by molar-refractivity contribution is -0.00265. The number of morpholine rings is 1. The summed E-state index contributed by atoms with van der Waals surface area (Å²) in [5.74, 6) is 0. The number of sulfonamides is 1. The molecule has 3 heterocycles. The number of ether oxygens (including phenoxy) is 1. The van der Waals surface area contributed by atoms with Crippen LogP contribution in [0.4, 0.5) is 0 Å². The Hall–Kier alpha value is -1.71. The first kappa shape index (κ1) is 16.2. The van der Waals surface area contributed by atoms with Crippen molar-refractivity contribution in [3.05, 3.63) is 30.5 Å². The summed E-state index contributed by atoms with van der Waals surface area (Å²) in [6.07, 6.45) is 6.37. The standard InChI is InChI=1S/C14H21N5O3S/c1-11(2)18-9-14(15-10-18)23(20,21)19-4-5-22-13(8-19)12-6-16-17(3)7-12/h6-7,9-11,13H,4-5,8H2,1-3H3/t13-/m1/s1. The third-order valence-electron chi connectivity index (χ3n) is 3.90. The molecule has 2 aromatic heterocycles. The van der Waals surface area contributed by atoms with Crippen molar-refractivity contribution in [3.63, 3.8) is 0 Å². The smallest absolute Gasteiger partial charge is 0.262 e. The molecule has 2 aromatic rings. The Morgan fingerprint density at radius 1 is 1.35 bits per heavy atom. The Morgan fingerprint density at radius 3 is 2.74 bits per heavy atom. The third kappa shape index (κ3) is 3.17. The molecule has 1 aliphatic heterocycles. The van der Waals surface area contributed by atoms with Gasteiger partial charge < -0.3 is 9.30 Å². The van der Waals surface area contributed by atoms with Gasteiger partial charge in [0.1, 0.15) is 0 Å². The van der Waals surface area contributed by atoms with Gasteiger partial charge in [0.25, 0.3) is 10.0 Å². The second kappa shape index (κ2) is 6.06. The highest BCUT2D eigenvalue weighted by Gasteiger charge is 2.33. The minimum Gasteiger partial charge on any atom is -0.371 e. The number of nitrogens with zero attached hydrogens (tertiary/aromatic N) is 5. The topological polar surface area (TPSA) is 82.2 Å². The number of hydrogen-bond donors (Lipinski definition) is 0. The zero-order valence-electron chi connectivity index (χ0n) is 13.5. The SMILES string of the molecule is CC(C)n1cnc(S(=O)(=O)N2CCO[C@@H](c3cnn(C)c3)C2)c1. The van der Waals surface area contributed by atoms with E-state index in [1.807, 2.05) is 27.1 Å². The number of imidazole rings is 1. The summed E-state index contributed by atoms with van der Waals surface area (Å²) >= 11 is 0. The molecule has 0 bridgehead atoms. The van der Waals surface area contributed by atoms with Gasteiger partial charge in [-0.15, -0.1) is 0 Å². The van der Waals surface area contributed by atoms with Crippen LogP contribution in [0.1, 0.15) is 31.6 Å². The van der Waals surface area contributed by atoms with E-state index in [0.29, 0.717) is 13.2 Å². The van der Waals surface area contributed by atoms with Crippen molar-refractivity contribution < 1.29 is 13.2 Å². The molecule has 0 unspecified atom stereocenters. The maximum atomic E-state index is 12.8. The van der Waals surface area contributed by atoms with E-state index in [9.17, 15) is 8.42 Å². The molecular formula is C14H21N5O3S. The molecule has 126 valence electrons. The van der Waals surface area contributed by atoms with Gasteiger partial charge in [-0.1, -0.05) is 0 Å². The number of hydrogen-bond acceptors (Lipinski definition) is 5. The van der Waals surface area contributed by atoms with Crippen LogP contribution in [0.15, 0.2) is 29.9 Å². The van der Waals surface area contributed by atoms with E-state index in [0.717, 1.165) is 5.56 Å². The first-order valence-corrected chi connectivity index (χ1v) is 8.95. The number of rotatable bonds is 4. The summed E-state index contributed by atoms with van der Waals surface area (Å²) in [6, 6.07) is 0.166. The van der Waals surface area contributed by atoms with Crippen LogP contribution in [0.5, 0.6) is 0 Å². The van der Waals surface area contributed by atoms with Crippen molar-refractivity contribution in [1.82, 2.24) is 23.6 Å². The number of aromatic nitrogens is 4. The summed E-state index contributed by atoms with van der Waals surface area (Å²) < 4.78 is 36.1. The summed E-state index contributed by atoms with van der Waals surface area (Å²) in [7, 11) is -1.80. The van der Waals surface area contributed by atoms with Gasteiger partial charge in [-0.3, -0.25) is 4.68 Å². The monoisotopic (exact) mass is 339 g/mol. The molecule has 1 saturated heterocycles. The molecule has 1 atom stereocenters. The Labute approximate surface area is 135 Å². The highest BCUT2D eigenvalue weighted by atomic mass is 32.2. The Bertz CT molecular complexity index is 780. The quantitative estimate of drug-likeness (QED) is 0.829. The van der Waals surface area contributed by atoms with Crippen LogP contribution in [0.25, 0.3) is 0 Å². The average Bonchev–Trinajstić information content (AvgIpc) is 3.16. The molecule has 0 N–H and O–H groups in total. The second-order valence-electron chi connectivity index (χ2n) is 5.92. The normalized spacial score (nSPS) is 20.3. The van der Waals surface area contributed by atoms with Crippen molar-refractivity contribution in [2.24, 2.45) is 7.05 Å². The van der Waals surface area contributed by atoms with Crippen molar-refractivity contribution in [3.8, 4) is 0 Å². The van der Waals surface area contributed by atoms with Gasteiger partial charge in [0.2, 0.25) is 0 Å². The lowest BCUT2D eigenvalue weighted by Gasteiger charge is -2.31. The summed E-state index contributed by atoms with van der Waals surface area (Å²) in [5.41, 5.74) is 0.875. The third-order valence-corrected chi connectivity index (χ3v) is 5.66. The average molecular weight is 339 g/mol. The zero-order valence-corrected chi connectivity index (χ0v) is 14.3. The van der Waals surface area contributed by atoms with Gasteiger partial charge in [-0.25, -0.2) is 13.4 Å². The van der Waals surface area contributed by atoms with Crippen molar-refractivity contribution in [1.29, 1.82) is 0 Å². The van der Waals surface area contributed by atoms with Crippen LogP contribution in [-0.4, -0.2) is 51.8 Å².